The lowest BCUT2D eigenvalue weighted by Crippen LogP contribution is -2.21. The average Bonchev–Trinajstić information content (AvgIpc) is 3.43. The molecule has 0 radical (unpaired) electrons. The Labute approximate surface area is 181 Å². The van der Waals surface area contributed by atoms with E-state index in [0.717, 1.165) is 17.2 Å². The number of nitrogens with one attached hydrogen (secondary N) is 1. The van der Waals surface area contributed by atoms with E-state index in [9.17, 15) is 23.2 Å². The predicted molar refractivity (Wildman–Crippen MR) is 103 cm³/mol. The zero-order valence-electron chi connectivity index (χ0n) is 15.6. The largest absolute Gasteiger partial charge is 0.434 e. The van der Waals surface area contributed by atoms with Crippen LogP contribution < -0.4 is 5.32 Å². The van der Waals surface area contributed by atoms with Crippen molar-refractivity contribution < 1.29 is 18.0 Å². The summed E-state index contributed by atoms with van der Waals surface area (Å²) >= 11 is 5.76. The molecule has 4 aromatic rings. The van der Waals surface area contributed by atoms with Crippen LogP contribution in [0.1, 0.15) is 21.6 Å². The summed E-state index contributed by atoms with van der Waals surface area (Å²) in [5, 5.41) is 23.0. The molecular formula is C18H9ClF3N9O. The van der Waals surface area contributed by atoms with Gasteiger partial charge in [0, 0.05) is 12.3 Å². The lowest BCUT2D eigenvalue weighted by Gasteiger charge is -2.13. The third-order valence-electron chi connectivity index (χ3n) is 4.09. The lowest BCUT2D eigenvalue weighted by molar-refractivity contribution is -0.143. The molecule has 4 aromatic heterocycles. The number of alkyl halides is 3. The van der Waals surface area contributed by atoms with Crippen LogP contribution >= 0.6 is 11.6 Å². The zero-order valence-corrected chi connectivity index (χ0v) is 16.4. The summed E-state index contributed by atoms with van der Waals surface area (Å²) in [7, 11) is 0. The quantitative estimate of drug-likeness (QED) is 0.464. The van der Waals surface area contributed by atoms with Crippen molar-refractivity contribution >= 4 is 23.2 Å². The maximum absolute atomic E-state index is 13.8. The van der Waals surface area contributed by atoms with Crippen LogP contribution in [0, 0.1) is 11.3 Å². The number of rotatable bonds is 4. The van der Waals surface area contributed by atoms with Crippen LogP contribution in [0.15, 0.2) is 49.2 Å². The van der Waals surface area contributed by atoms with Crippen LogP contribution in [0.5, 0.6) is 0 Å². The molecule has 1 amide bonds. The van der Waals surface area contributed by atoms with Crippen molar-refractivity contribution in [1.82, 2.24) is 34.7 Å². The molecule has 0 aliphatic heterocycles. The van der Waals surface area contributed by atoms with Gasteiger partial charge in [-0.2, -0.15) is 33.7 Å². The molecule has 160 valence electrons. The van der Waals surface area contributed by atoms with Gasteiger partial charge < -0.3 is 5.32 Å². The van der Waals surface area contributed by atoms with Gasteiger partial charge in [-0.05, 0) is 12.1 Å². The molecule has 1 N–H and O–H groups in total. The highest BCUT2D eigenvalue weighted by Gasteiger charge is 2.40. The summed E-state index contributed by atoms with van der Waals surface area (Å²) in [5.74, 6) is -1.01. The number of hydrogen-bond acceptors (Lipinski definition) is 7. The van der Waals surface area contributed by atoms with Gasteiger partial charge in [-0.3, -0.25) is 4.79 Å². The summed E-state index contributed by atoms with van der Waals surface area (Å²) in [6.45, 7) is 0. The minimum atomic E-state index is -4.91. The zero-order chi connectivity index (χ0) is 22.9. The third kappa shape index (κ3) is 3.98. The Hall–Kier alpha value is -4.31. The summed E-state index contributed by atoms with van der Waals surface area (Å²) in [6.07, 6.45) is 1.01. The van der Waals surface area contributed by atoms with E-state index in [-0.39, 0.29) is 27.9 Å². The van der Waals surface area contributed by atoms with Gasteiger partial charge in [-0.1, -0.05) is 11.6 Å². The van der Waals surface area contributed by atoms with Crippen molar-refractivity contribution in [2.45, 2.75) is 6.18 Å². The Bertz CT molecular complexity index is 1340. The highest BCUT2D eigenvalue weighted by Crippen LogP contribution is 2.34. The Morgan fingerprint density at radius 1 is 1.09 bits per heavy atom. The summed E-state index contributed by atoms with van der Waals surface area (Å²) in [6, 6.07) is 5.56. The fraction of sp³-hybridized carbons (Fsp3) is 0.0556. The van der Waals surface area contributed by atoms with Crippen LogP contribution in [0.2, 0.25) is 5.15 Å². The molecule has 0 unspecified atom stereocenters. The maximum atomic E-state index is 13.8. The standard InChI is InChI=1S/C18H9ClF3N9O/c19-14-6-12(1-2-24-14)30-15(18(20,21)22)13(9-28-30)17(32)29-11-5-10(7-23)16(25-8-11)31-26-3-4-27-31/h1-6,8-9H,(H,29,32). The third-order valence-corrected chi connectivity index (χ3v) is 4.30. The molecule has 0 aromatic carbocycles. The topological polar surface area (TPSA) is 127 Å². The van der Waals surface area contributed by atoms with E-state index in [4.69, 9.17) is 11.6 Å². The number of anilines is 1. The van der Waals surface area contributed by atoms with Gasteiger partial charge >= 0.3 is 6.18 Å². The highest BCUT2D eigenvalue weighted by molar-refractivity contribution is 6.29. The molecule has 0 saturated carbocycles. The van der Waals surface area contributed by atoms with E-state index in [2.05, 4.69) is 30.6 Å². The Morgan fingerprint density at radius 3 is 2.50 bits per heavy atom. The van der Waals surface area contributed by atoms with Crippen molar-refractivity contribution in [1.29, 1.82) is 5.26 Å². The fourth-order valence-corrected chi connectivity index (χ4v) is 2.97. The molecule has 0 spiro atoms. The number of pyridine rings is 2. The van der Waals surface area contributed by atoms with Crippen molar-refractivity contribution in [2.75, 3.05) is 5.32 Å². The van der Waals surface area contributed by atoms with Gasteiger partial charge in [0.15, 0.2) is 11.5 Å². The number of carbonyl (C=O) groups excluding carboxylic acids is 1. The van der Waals surface area contributed by atoms with Crippen molar-refractivity contribution in [3.05, 3.63) is 71.2 Å². The molecular weight excluding hydrogens is 451 g/mol. The van der Waals surface area contributed by atoms with Gasteiger partial charge in [0.1, 0.15) is 16.8 Å². The Kier molecular flexibility index (Phi) is 5.29. The van der Waals surface area contributed by atoms with Crippen LogP contribution in [-0.4, -0.2) is 40.6 Å². The Morgan fingerprint density at radius 2 is 1.84 bits per heavy atom. The SMILES string of the molecule is N#Cc1cc(NC(=O)c2cnn(-c3ccnc(Cl)c3)c2C(F)(F)F)cnc1-n1nccn1. The van der Waals surface area contributed by atoms with Gasteiger partial charge in [-0.15, -0.1) is 4.80 Å². The number of halogens is 4. The van der Waals surface area contributed by atoms with E-state index < -0.39 is 23.3 Å². The highest BCUT2D eigenvalue weighted by atomic mass is 35.5. The van der Waals surface area contributed by atoms with Crippen LogP contribution in [0.25, 0.3) is 11.5 Å². The molecule has 32 heavy (non-hydrogen) atoms. The van der Waals surface area contributed by atoms with Crippen LogP contribution in [0.4, 0.5) is 18.9 Å². The first kappa shape index (κ1) is 20.9. The average molecular weight is 460 g/mol. The first-order chi connectivity index (χ1) is 15.3. The first-order valence-corrected chi connectivity index (χ1v) is 9.01. The minimum Gasteiger partial charge on any atom is -0.320 e. The fourth-order valence-electron chi connectivity index (χ4n) is 2.80. The second-order valence-corrected chi connectivity index (χ2v) is 6.52. The Balaban J connectivity index is 1.69. The molecule has 0 aliphatic carbocycles. The second-order valence-electron chi connectivity index (χ2n) is 6.13. The van der Waals surface area contributed by atoms with Gasteiger partial charge in [0.05, 0.1) is 41.7 Å². The van der Waals surface area contributed by atoms with E-state index >= 15 is 0 Å². The maximum Gasteiger partial charge on any atom is 0.434 e. The van der Waals surface area contributed by atoms with Crippen molar-refractivity contribution in [3.8, 4) is 17.6 Å². The van der Waals surface area contributed by atoms with Gasteiger partial charge in [0.2, 0.25) is 0 Å². The minimum absolute atomic E-state index is 0.00262. The lowest BCUT2D eigenvalue weighted by atomic mass is 10.2. The van der Waals surface area contributed by atoms with E-state index in [0.29, 0.717) is 4.68 Å². The first-order valence-electron chi connectivity index (χ1n) is 8.63. The molecule has 10 nitrogen and oxygen atoms in total. The van der Waals surface area contributed by atoms with Crippen molar-refractivity contribution in [3.63, 3.8) is 0 Å². The summed E-state index contributed by atoms with van der Waals surface area (Å²) in [5.41, 5.74) is -2.07. The predicted octanol–water partition coefficient (Wildman–Crippen LogP) is 3.04. The molecule has 0 atom stereocenters. The normalized spacial score (nSPS) is 11.2. The van der Waals surface area contributed by atoms with E-state index in [1.165, 1.54) is 36.8 Å². The van der Waals surface area contributed by atoms with Crippen LogP contribution in [-0.2, 0) is 6.18 Å². The number of carbonyl (C=O) groups is 1. The molecule has 0 fully saturated rings. The number of nitriles is 1. The van der Waals surface area contributed by atoms with Crippen molar-refractivity contribution in [2.24, 2.45) is 0 Å². The molecule has 4 heterocycles. The number of hydrogen-bond donors (Lipinski definition) is 1. The molecule has 14 heteroatoms. The summed E-state index contributed by atoms with van der Waals surface area (Å²) in [4.78, 5) is 21.5. The second kappa shape index (κ2) is 8.08. The summed E-state index contributed by atoms with van der Waals surface area (Å²) < 4.78 is 41.9. The molecule has 0 saturated heterocycles. The number of nitrogens with zero attached hydrogens (tertiary/aromatic N) is 8. The number of aromatic nitrogens is 7. The van der Waals surface area contributed by atoms with E-state index in [1.807, 2.05) is 6.07 Å². The smallest absolute Gasteiger partial charge is 0.320 e. The number of amides is 1. The van der Waals surface area contributed by atoms with E-state index in [1.54, 1.807) is 0 Å². The van der Waals surface area contributed by atoms with Crippen LogP contribution in [0.3, 0.4) is 0 Å². The molecule has 0 bridgehead atoms. The van der Waals surface area contributed by atoms with Gasteiger partial charge in [-0.25, -0.2) is 14.6 Å². The molecule has 4 rings (SSSR count). The monoisotopic (exact) mass is 459 g/mol. The van der Waals surface area contributed by atoms with Gasteiger partial charge in [0.25, 0.3) is 5.91 Å². The molecule has 0 aliphatic rings.